The summed E-state index contributed by atoms with van der Waals surface area (Å²) in [5.41, 5.74) is 2.10. The fraction of sp³-hybridized carbons (Fsp3) is 0.458. The third kappa shape index (κ3) is 4.16. The summed E-state index contributed by atoms with van der Waals surface area (Å²) in [7, 11) is 1.47. The van der Waals surface area contributed by atoms with E-state index in [0.717, 1.165) is 24.3 Å². The number of ketones is 1. The molecule has 4 rings (SSSR count). The van der Waals surface area contributed by atoms with Gasteiger partial charge in [0.05, 0.1) is 12.7 Å². The van der Waals surface area contributed by atoms with Gasteiger partial charge in [0, 0.05) is 29.4 Å². The van der Waals surface area contributed by atoms with Gasteiger partial charge in [0.15, 0.2) is 22.4 Å². The summed E-state index contributed by atoms with van der Waals surface area (Å²) in [5, 5.41) is 14.0. The number of nitrogens with one attached hydrogen (secondary N) is 2. The van der Waals surface area contributed by atoms with Crippen LogP contribution in [0, 0.1) is 5.41 Å². The lowest BCUT2D eigenvalue weighted by Crippen LogP contribution is -2.37. The zero-order valence-corrected chi connectivity index (χ0v) is 19.7. The molecule has 0 spiro atoms. The fourth-order valence-corrected chi connectivity index (χ4v) is 5.43. The largest absolute Gasteiger partial charge is 0.504 e. The lowest BCUT2D eigenvalue weighted by atomic mass is 9.69. The highest BCUT2D eigenvalue weighted by molar-refractivity contribution is 7.99. The maximum absolute atomic E-state index is 13.3. The van der Waals surface area contributed by atoms with Gasteiger partial charge in [-0.2, -0.15) is 0 Å². The van der Waals surface area contributed by atoms with Crippen molar-refractivity contribution in [1.29, 1.82) is 0 Å². The van der Waals surface area contributed by atoms with E-state index >= 15 is 0 Å². The first-order chi connectivity index (χ1) is 15.2. The number of nitrogens with zero attached hydrogens (tertiary/aromatic N) is 1. The Bertz CT molecular complexity index is 1150. The van der Waals surface area contributed by atoms with Gasteiger partial charge in [-0.1, -0.05) is 45.0 Å². The number of anilines is 1. The summed E-state index contributed by atoms with van der Waals surface area (Å²) in [4.78, 5) is 34.2. The number of rotatable bonds is 6. The first-order valence-electron chi connectivity index (χ1n) is 10.9. The monoisotopic (exact) mass is 455 g/mol. The Labute approximate surface area is 191 Å². The van der Waals surface area contributed by atoms with E-state index in [0.29, 0.717) is 46.3 Å². The number of aromatic hydroxyl groups is 1. The van der Waals surface area contributed by atoms with Crippen molar-refractivity contribution in [3.05, 3.63) is 50.9 Å². The SMILES string of the molecule is CCCCSc1nc2c(c(=O)[nH]1)C(c1ccc(O)c(OC)c1)C1=C(CC(C)(C)CC1=O)N2. The van der Waals surface area contributed by atoms with Gasteiger partial charge in [-0.15, -0.1) is 0 Å². The Morgan fingerprint density at radius 3 is 2.78 bits per heavy atom. The van der Waals surface area contributed by atoms with Gasteiger partial charge in [0.1, 0.15) is 5.82 Å². The summed E-state index contributed by atoms with van der Waals surface area (Å²) >= 11 is 1.52. The van der Waals surface area contributed by atoms with E-state index in [1.807, 2.05) is 0 Å². The van der Waals surface area contributed by atoms with Gasteiger partial charge < -0.3 is 20.1 Å². The number of methoxy groups -OCH3 is 1. The number of thioether (sulfide) groups is 1. The van der Waals surface area contributed by atoms with Gasteiger partial charge in [-0.05, 0) is 36.0 Å². The number of ether oxygens (including phenoxy) is 1. The number of aromatic nitrogens is 2. The van der Waals surface area contributed by atoms with E-state index in [-0.39, 0.29) is 22.5 Å². The topological polar surface area (TPSA) is 104 Å². The van der Waals surface area contributed by atoms with Gasteiger partial charge >= 0.3 is 0 Å². The molecule has 0 radical (unpaired) electrons. The molecule has 32 heavy (non-hydrogen) atoms. The van der Waals surface area contributed by atoms with E-state index < -0.39 is 5.92 Å². The highest BCUT2D eigenvalue weighted by Gasteiger charge is 2.42. The van der Waals surface area contributed by atoms with Crippen molar-refractivity contribution in [2.45, 2.75) is 57.5 Å². The lowest BCUT2D eigenvalue weighted by Gasteiger charge is -2.38. The van der Waals surface area contributed by atoms with E-state index in [2.05, 4.69) is 31.1 Å². The van der Waals surface area contributed by atoms with E-state index in [4.69, 9.17) is 9.72 Å². The van der Waals surface area contributed by atoms with Gasteiger partial charge in [0.25, 0.3) is 5.56 Å². The summed E-state index contributed by atoms with van der Waals surface area (Å²) in [6, 6.07) is 4.96. The molecule has 1 aliphatic heterocycles. The molecule has 0 fully saturated rings. The van der Waals surface area contributed by atoms with E-state index in [1.54, 1.807) is 12.1 Å². The molecule has 1 aromatic heterocycles. The van der Waals surface area contributed by atoms with Crippen molar-refractivity contribution in [1.82, 2.24) is 9.97 Å². The highest BCUT2D eigenvalue weighted by atomic mass is 32.2. The molecule has 0 bridgehead atoms. The van der Waals surface area contributed by atoms with Crippen LogP contribution in [0.2, 0.25) is 0 Å². The summed E-state index contributed by atoms with van der Waals surface area (Å²) in [5.74, 6) is 1.11. The van der Waals surface area contributed by atoms with Crippen LogP contribution < -0.4 is 15.6 Å². The normalized spacial score (nSPS) is 19.2. The third-order valence-electron chi connectivity index (χ3n) is 5.97. The molecule has 1 unspecified atom stereocenters. The molecule has 0 amide bonds. The van der Waals surface area contributed by atoms with Crippen LogP contribution in [0.5, 0.6) is 11.5 Å². The number of H-pyrrole nitrogens is 1. The number of allylic oxidation sites excluding steroid dienone is 2. The predicted octanol–water partition coefficient (Wildman–Crippen LogP) is 4.58. The molecule has 2 aliphatic rings. The Morgan fingerprint density at radius 1 is 1.28 bits per heavy atom. The smallest absolute Gasteiger partial charge is 0.257 e. The Hall–Kier alpha value is -2.74. The maximum atomic E-state index is 13.3. The first kappa shape index (κ1) is 22.5. The molecule has 1 atom stereocenters. The van der Waals surface area contributed by atoms with Gasteiger partial charge in [0.2, 0.25) is 0 Å². The average molecular weight is 456 g/mol. The second kappa shape index (κ2) is 8.65. The molecule has 2 heterocycles. The zero-order valence-electron chi connectivity index (χ0n) is 18.9. The van der Waals surface area contributed by atoms with E-state index in [1.165, 1.54) is 24.9 Å². The molecule has 0 saturated heterocycles. The Morgan fingerprint density at radius 2 is 2.06 bits per heavy atom. The van der Waals surface area contributed by atoms with E-state index in [9.17, 15) is 14.7 Å². The van der Waals surface area contributed by atoms with Crippen LogP contribution in [0.25, 0.3) is 0 Å². The molecular formula is C24H29N3O4S. The van der Waals surface area contributed by atoms with Crippen LogP contribution in [-0.4, -0.2) is 33.7 Å². The average Bonchev–Trinajstić information content (AvgIpc) is 2.72. The predicted molar refractivity (Wildman–Crippen MR) is 126 cm³/mol. The minimum absolute atomic E-state index is 0.00502. The van der Waals surface area contributed by atoms with Gasteiger partial charge in [-0.3, -0.25) is 9.59 Å². The molecule has 1 aliphatic carbocycles. The number of aromatic amines is 1. The lowest BCUT2D eigenvalue weighted by molar-refractivity contribution is -0.118. The number of hydrogen-bond acceptors (Lipinski definition) is 7. The van der Waals surface area contributed by atoms with Gasteiger partial charge in [-0.25, -0.2) is 4.98 Å². The van der Waals surface area contributed by atoms with Crippen molar-refractivity contribution in [3.63, 3.8) is 0 Å². The second-order valence-electron chi connectivity index (χ2n) is 9.16. The highest BCUT2D eigenvalue weighted by Crippen LogP contribution is 2.48. The summed E-state index contributed by atoms with van der Waals surface area (Å²) in [6.07, 6.45) is 3.20. The number of carbonyl (C=O) groups is 1. The molecule has 1 aromatic carbocycles. The van der Waals surface area contributed by atoms with Crippen molar-refractivity contribution < 1.29 is 14.6 Å². The van der Waals surface area contributed by atoms with Crippen LogP contribution in [0.15, 0.2) is 39.4 Å². The van der Waals surface area contributed by atoms with Crippen molar-refractivity contribution in [2.24, 2.45) is 5.41 Å². The summed E-state index contributed by atoms with van der Waals surface area (Å²) in [6.45, 7) is 6.26. The van der Waals surface area contributed by atoms with Crippen molar-refractivity contribution in [3.8, 4) is 11.5 Å². The standard InChI is InChI=1S/C24H29N3O4S/c1-5-6-9-32-23-26-21-20(22(30)27-23)18(13-7-8-15(28)17(10-13)31-4)19-14(25-21)11-24(2,3)12-16(19)29/h7-8,10,18,28H,5-6,9,11-12H2,1-4H3,(H2,25,26,27,30). The number of hydrogen-bond donors (Lipinski definition) is 3. The minimum atomic E-state index is -0.578. The summed E-state index contributed by atoms with van der Waals surface area (Å²) < 4.78 is 5.29. The number of Topliss-reactive ketones (excluding diaryl/α,β-unsaturated/α-hetero) is 1. The molecule has 0 saturated carbocycles. The van der Waals surface area contributed by atoms with Crippen LogP contribution in [0.4, 0.5) is 5.82 Å². The quantitative estimate of drug-likeness (QED) is 0.333. The number of fused-ring (bicyclic) bond motifs is 1. The van der Waals surface area contributed by atoms with Crippen LogP contribution in [0.3, 0.4) is 0 Å². The third-order valence-corrected chi connectivity index (χ3v) is 6.93. The van der Waals surface area contributed by atoms with Crippen LogP contribution >= 0.6 is 11.8 Å². The number of benzene rings is 1. The Balaban J connectivity index is 1.89. The number of phenols is 1. The zero-order chi connectivity index (χ0) is 23.0. The minimum Gasteiger partial charge on any atom is -0.504 e. The first-order valence-corrected chi connectivity index (χ1v) is 11.9. The number of carbonyl (C=O) groups excluding carboxylic acids is 1. The molecule has 170 valence electrons. The molecule has 8 heteroatoms. The van der Waals surface area contributed by atoms with Crippen LogP contribution in [-0.2, 0) is 4.79 Å². The maximum Gasteiger partial charge on any atom is 0.257 e. The van der Waals surface area contributed by atoms with Crippen molar-refractivity contribution in [2.75, 3.05) is 18.2 Å². The fourth-order valence-electron chi connectivity index (χ4n) is 4.48. The molecular weight excluding hydrogens is 426 g/mol. The number of phenolic OH excluding ortho intramolecular Hbond substituents is 1. The molecule has 2 aromatic rings. The van der Waals surface area contributed by atoms with Crippen LogP contribution in [0.1, 0.15) is 63.5 Å². The Kier molecular flexibility index (Phi) is 6.07. The molecule has 3 N–H and O–H groups in total. The second-order valence-corrected chi connectivity index (χ2v) is 10.2. The van der Waals surface area contributed by atoms with Crippen molar-refractivity contribution >= 4 is 23.4 Å². The number of unbranched alkanes of at least 4 members (excludes halogenated alkanes) is 1. The molecule has 7 nitrogen and oxygen atoms in total.